The Bertz CT molecular complexity index is 1340. The minimum Gasteiger partial charge on any atom is -0.490 e. The molecule has 0 unspecified atom stereocenters. The van der Waals surface area contributed by atoms with Crippen molar-refractivity contribution in [2.75, 3.05) is 40.0 Å². The second-order valence-electron chi connectivity index (χ2n) is 9.38. The van der Waals surface area contributed by atoms with Gasteiger partial charge < -0.3 is 24.2 Å². The third kappa shape index (κ3) is 5.81. The standard InChI is InChI=1S/C28H34FN3O6/c1-4-6-13-37-26-22(28(35)36-5-2)27(34)32-17-21(16-31(3)11-12-33)38-25-19(15-30-23(26)24(25)32)14-18-7-9-20(29)10-8-18/h7-10,15,21,33H,4-6,11-14,16-17H2,1-3H3/t21-/m1/s1. The number of benzene rings is 1. The normalized spacial score (nSPS) is 14.5. The summed E-state index contributed by atoms with van der Waals surface area (Å²) in [6.45, 7) is 5.16. The van der Waals surface area contributed by atoms with Gasteiger partial charge in [0.15, 0.2) is 17.1 Å². The number of carbonyl (C=O) groups is 1. The van der Waals surface area contributed by atoms with Crippen molar-refractivity contribution in [1.29, 1.82) is 0 Å². The fourth-order valence-corrected chi connectivity index (χ4v) is 4.60. The van der Waals surface area contributed by atoms with Crippen LogP contribution in [0.2, 0.25) is 0 Å². The van der Waals surface area contributed by atoms with Crippen LogP contribution in [-0.4, -0.2) is 71.6 Å². The molecule has 1 atom stereocenters. The van der Waals surface area contributed by atoms with E-state index < -0.39 is 17.6 Å². The summed E-state index contributed by atoms with van der Waals surface area (Å²) in [5.74, 6) is -0.513. The Morgan fingerprint density at radius 3 is 2.74 bits per heavy atom. The second-order valence-corrected chi connectivity index (χ2v) is 9.38. The SMILES string of the molecule is CCCCOc1c(C(=O)OCC)c(=O)n2c3c(c(Cc4ccc(F)cc4)cnc13)O[C@H](CN(C)CCO)C2. The minimum atomic E-state index is -0.756. The maximum atomic E-state index is 13.8. The van der Waals surface area contributed by atoms with E-state index in [1.807, 2.05) is 18.9 Å². The number of carbonyl (C=O) groups excluding carboxylic acids is 1. The molecule has 3 heterocycles. The number of halogens is 1. The predicted molar refractivity (Wildman–Crippen MR) is 141 cm³/mol. The Hall–Kier alpha value is -3.50. The molecule has 1 N–H and O–H groups in total. The lowest BCUT2D eigenvalue weighted by Crippen LogP contribution is -2.43. The van der Waals surface area contributed by atoms with Crippen molar-refractivity contribution < 1.29 is 28.5 Å². The van der Waals surface area contributed by atoms with Crippen LogP contribution in [0.1, 0.15) is 48.2 Å². The number of rotatable bonds is 12. The minimum absolute atomic E-state index is 0.0134. The van der Waals surface area contributed by atoms with E-state index in [0.29, 0.717) is 42.9 Å². The number of aliphatic hydroxyl groups excluding tert-OH is 1. The number of esters is 1. The van der Waals surface area contributed by atoms with Crippen LogP contribution in [0, 0.1) is 5.82 Å². The molecule has 9 nitrogen and oxygen atoms in total. The monoisotopic (exact) mass is 527 g/mol. The average Bonchev–Trinajstić information content (AvgIpc) is 2.89. The number of hydrogen-bond acceptors (Lipinski definition) is 8. The number of aliphatic hydroxyl groups is 1. The Morgan fingerprint density at radius 2 is 2.05 bits per heavy atom. The van der Waals surface area contributed by atoms with Gasteiger partial charge in [0.1, 0.15) is 23.0 Å². The number of ether oxygens (including phenoxy) is 3. The van der Waals surface area contributed by atoms with E-state index in [2.05, 4.69) is 4.98 Å². The summed E-state index contributed by atoms with van der Waals surface area (Å²) in [4.78, 5) is 33.4. The molecular formula is C28H34FN3O6. The van der Waals surface area contributed by atoms with Gasteiger partial charge in [0, 0.05) is 31.3 Å². The number of nitrogens with zero attached hydrogens (tertiary/aromatic N) is 3. The molecule has 4 rings (SSSR count). The molecule has 1 aromatic carbocycles. The van der Waals surface area contributed by atoms with Crippen molar-refractivity contribution in [1.82, 2.24) is 14.5 Å². The molecule has 2 aromatic heterocycles. The highest BCUT2D eigenvalue weighted by Crippen LogP contribution is 2.38. The molecule has 0 saturated carbocycles. The molecule has 0 spiro atoms. The van der Waals surface area contributed by atoms with Gasteiger partial charge in [-0.2, -0.15) is 0 Å². The van der Waals surface area contributed by atoms with Crippen LogP contribution < -0.4 is 15.0 Å². The maximum Gasteiger partial charge on any atom is 0.347 e. The number of aromatic nitrogens is 2. The summed E-state index contributed by atoms with van der Waals surface area (Å²) in [5, 5.41) is 9.35. The van der Waals surface area contributed by atoms with Gasteiger partial charge in [0.2, 0.25) is 0 Å². The summed E-state index contributed by atoms with van der Waals surface area (Å²) in [6.07, 6.45) is 3.22. The average molecular weight is 528 g/mol. The zero-order valence-electron chi connectivity index (χ0n) is 22.0. The summed E-state index contributed by atoms with van der Waals surface area (Å²) in [5.41, 5.74) is 1.67. The first-order valence-corrected chi connectivity index (χ1v) is 13.0. The zero-order chi connectivity index (χ0) is 27.2. The summed E-state index contributed by atoms with van der Waals surface area (Å²) in [7, 11) is 1.86. The zero-order valence-corrected chi connectivity index (χ0v) is 22.0. The van der Waals surface area contributed by atoms with Crippen LogP contribution in [0.3, 0.4) is 0 Å². The molecular weight excluding hydrogens is 493 g/mol. The summed E-state index contributed by atoms with van der Waals surface area (Å²) < 4.78 is 32.7. The Kier molecular flexibility index (Phi) is 8.96. The predicted octanol–water partition coefficient (Wildman–Crippen LogP) is 3.17. The number of unbranched alkanes of at least 4 members (excludes halogenated alkanes) is 1. The van der Waals surface area contributed by atoms with Crippen LogP contribution in [0.4, 0.5) is 4.39 Å². The topological polar surface area (TPSA) is 103 Å². The Labute approximate surface area is 220 Å². The second kappa shape index (κ2) is 12.4. The molecule has 38 heavy (non-hydrogen) atoms. The molecule has 0 radical (unpaired) electrons. The van der Waals surface area contributed by atoms with E-state index in [1.165, 1.54) is 16.7 Å². The molecule has 0 bridgehead atoms. The molecule has 204 valence electrons. The fraction of sp³-hybridized carbons (Fsp3) is 0.464. The molecule has 1 aliphatic heterocycles. The van der Waals surface area contributed by atoms with Gasteiger partial charge in [0.05, 0.1) is 26.4 Å². The highest BCUT2D eigenvalue weighted by atomic mass is 19.1. The lowest BCUT2D eigenvalue weighted by Gasteiger charge is -2.32. The maximum absolute atomic E-state index is 13.8. The van der Waals surface area contributed by atoms with Crippen molar-refractivity contribution >= 4 is 17.0 Å². The third-order valence-electron chi connectivity index (χ3n) is 6.45. The molecule has 0 amide bonds. The first-order valence-electron chi connectivity index (χ1n) is 13.0. The van der Waals surface area contributed by atoms with Crippen LogP contribution in [0.25, 0.3) is 11.0 Å². The number of likely N-dealkylation sites (N-methyl/N-ethyl adjacent to an activating group) is 1. The van der Waals surface area contributed by atoms with Crippen LogP contribution >= 0.6 is 0 Å². The van der Waals surface area contributed by atoms with Gasteiger partial charge >= 0.3 is 5.97 Å². The van der Waals surface area contributed by atoms with Crippen molar-refractivity contribution in [2.45, 2.75) is 45.8 Å². The number of pyridine rings is 2. The van der Waals surface area contributed by atoms with Gasteiger partial charge in [-0.3, -0.25) is 14.3 Å². The molecule has 1 aliphatic rings. The van der Waals surface area contributed by atoms with E-state index in [9.17, 15) is 19.1 Å². The van der Waals surface area contributed by atoms with Crippen LogP contribution in [-0.2, 0) is 17.7 Å². The van der Waals surface area contributed by atoms with Crippen LogP contribution in [0.15, 0.2) is 35.3 Å². The van der Waals surface area contributed by atoms with E-state index in [0.717, 1.165) is 24.0 Å². The van der Waals surface area contributed by atoms with E-state index in [-0.39, 0.29) is 36.9 Å². The van der Waals surface area contributed by atoms with Crippen LogP contribution in [0.5, 0.6) is 11.5 Å². The molecule has 0 fully saturated rings. The highest BCUT2D eigenvalue weighted by Gasteiger charge is 2.33. The smallest absolute Gasteiger partial charge is 0.347 e. The third-order valence-corrected chi connectivity index (χ3v) is 6.45. The first kappa shape index (κ1) is 27.5. The molecule has 10 heteroatoms. The van der Waals surface area contributed by atoms with Gasteiger partial charge in [-0.05, 0) is 38.1 Å². The molecule has 0 saturated heterocycles. The quantitative estimate of drug-likeness (QED) is 0.283. The Morgan fingerprint density at radius 1 is 1.29 bits per heavy atom. The highest BCUT2D eigenvalue weighted by molar-refractivity contribution is 6.00. The lowest BCUT2D eigenvalue weighted by molar-refractivity contribution is 0.0517. The van der Waals surface area contributed by atoms with Gasteiger partial charge in [-0.1, -0.05) is 25.5 Å². The fourth-order valence-electron chi connectivity index (χ4n) is 4.60. The molecule has 3 aromatic rings. The first-order chi connectivity index (χ1) is 18.4. The molecule has 0 aliphatic carbocycles. The summed E-state index contributed by atoms with van der Waals surface area (Å²) >= 11 is 0. The van der Waals surface area contributed by atoms with E-state index in [1.54, 1.807) is 25.3 Å². The lowest BCUT2D eigenvalue weighted by atomic mass is 10.0. The largest absolute Gasteiger partial charge is 0.490 e. The van der Waals surface area contributed by atoms with Gasteiger partial charge in [0.25, 0.3) is 5.56 Å². The Balaban J connectivity index is 1.91. The van der Waals surface area contributed by atoms with Gasteiger partial charge in [-0.25, -0.2) is 9.18 Å². The van der Waals surface area contributed by atoms with E-state index >= 15 is 0 Å². The van der Waals surface area contributed by atoms with Gasteiger partial charge in [-0.15, -0.1) is 0 Å². The number of hydrogen-bond donors (Lipinski definition) is 1. The van der Waals surface area contributed by atoms with Crippen molar-refractivity contribution in [3.05, 3.63) is 63.3 Å². The van der Waals surface area contributed by atoms with E-state index in [4.69, 9.17) is 14.2 Å². The van der Waals surface area contributed by atoms with Crippen molar-refractivity contribution in [3.63, 3.8) is 0 Å². The van der Waals surface area contributed by atoms with Crippen molar-refractivity contribution in [3.8, 4) is 11.5 Å². The van der Waals surface area contributed by atoms with Crippen molar-refractivity contribution in [2.24, 2.45) is 0 Å². The summed E-state index contributed by atoms with van der Waals surface area (Å²) in [6, 6.07) is 6.17.